The van der Waals surface area contributed by atoms with Gasteiger partial charge in [0.15, 0.2) is 12.2 Å². The monoisotopic (exact) mass is 718 g/mol. The number of anilines is 1. The van der Waals surface area contributed by atoms with Crippen molar-refractivity contribution in [3.63, 3.8) is 0 Å². The number of aliphatic imine (C=N–C) groups is 1. The van der Waals surface area contributed by atoms with Crippen LogP contribution in [0, 0.1) is 23.2 Å². The Bertz CT molecular complexity index is 1520. The minimum Gasteiger partial charge on any atom is -0.462 e. The molecule has 51 heavy (non-hydrogen) atoms. The standard InChI is InChI=1S/C33H50N8O10/c1-32(2,3)51-31(48)37-15-23(42)38-20(5-4-7-36-29(34)35)26(45)39-22-6-8-41(30(47)40-22)27-25(44)24(43)21(50-27)16-49-28(46)33-12-17-9-18(13-33)11-19(10-17)14-33/h6,8,17-21,24-25,27,43-44H,4-5,7,9-16H2,1-3H3,(H,37,48)(H,38,42)(H4,34,35,36)(H,39,40,45,47)/t17?,18?,19?,20-,21+,24+,25-,27+,33?/m0/s1. The van der Waals surface area contributed by atoms with Crippen LogP contribution >= 0.6 is 0 Å². The van der Waals surface area contributed by atoms with Gasteiger partial charge in [0, 0.05) is 12.7 Å². The second kappa shape index (κ2) is 15.5. The Hall–Kier alpha value is -4.29. The smallest absolute Gasteiger partial charge is 0.408 e. The Morgan fingerprint density at radius 3 is 2.33 bits per heavy atom. The molecule has 1 saturated heterocycles. The summed E-state index contributed by atoms with van der Waals surface area (Å²) < 4.78 is 17.6. The molecular formula is C33H50N8O10. The number of guanidine groups is 1. The van der Waals surface area contributed by atoms with E-state index in [0.29, 0.717) is 24.2 Å². The third-order valence-corrected chi connectivity index (χ3v) is 9.93. The molecule has 5 atom stereocenters. The lowest BCUT2D eigenvalue weighted by Crippen LogP contribution is -2.51. The predicted molar refractivity (Wildman–Crippen MR) is 181 cm³/mol. The first kappa shape index (κ1) is 38.0. The summed E-state index contributed by atoms with van der Waals surface area (Å²) in [4.78, 5) is 71.8. The summed E-state index contributed by atoms with van der Waals surface area (Å²) in [6, 6.07) is 0.151. The number of nitrogens with one attached hydrogen (secondary N) is 3. The number of aliphatic hydroxyl groups is 2. The molecule has 4 bridgehead atoms. The number of aromatic nitrogens is 2. The van der Waals surface area contributed by atoms with E-state index < -0.39 is 71.7 Å². The summed E-state index contributed by atoms with van der Waals surface area (Å²) in [5.74, 6) is -0.360. The molecule has 0 radical (unpaired) electrons. The average Bonchev–Trinajstić information content (AvgIpc) is 3.31. The van der Waals surface area contributed by atoms with Gasteiger partial charge in [-0.2, -0.15) is 4.98 Å². The maximum atomic E-state index is 13.3. The lowest BCUT2D eigenvalue weighted by atomic mass is 9.49. The van der Waals surface area contributed by atoms with Crippen molar-refractivity contribution in [2.45, 2.75) is 108 Å². The molecule has 3 amide bonds. The molecule has 2 heterocycles. The Balaban J connectivity index is 1.17. The minimum atomic E-state index is -1.53. The van der Waals surface area contributed by atoms with Gasteiger partial charge in [-0.05, 0) is 96.0 Å². The highest BCUT2D eigenvalue weighted by Gasteiger charge is 2.56. The lowest BCUT2D eigenvalue weighted by Gasteiger charge is -2.55. The zero-order chi connectivity index (χ0) is 37.1. The molecule has 5 aliphatic rings. The molecule has 0 unspecified atom stereocenters. The highest BCUT2D eigenvalue weighted by molar-refractivity contribution is 5.97. The summed E-state index contributed by atoms with van der Waals surface area (Å²) in [6.45, 7) is 4.42. The van der Waals surface area contributed by atoms with Crippen LogP contribution < -0.4 is 33.1 Å². The number of nitrogens with zero attached hydrogens (tertiary/aromatic N) is 3. The first-order valence-corrected chi connectivity index (χ1v) is 17.4. The van der Waals surface area contributed by atoms with E-state index in [-0.39, 0.29) is 37.3 Å². The van der Waals surface area contributed by atoms with Crippen LogP contribution in [0.3, 0.4) is 0 Å². The Kier molecular flexibility index (Phi) is 11.6. The van der Waals surface area contributed by atoms with E-state index >= 15 is 0 Å². The number of alkyl carbamates (subject to hydrolysis) is 1. The van der Waals surface area contributed by atoms with Gasteiger partial charge in [-0.15, -0.1) is 0 Å². The third kappa shape index (κ3) is 9.53. The van der Waals surface area contributed by atoms with Crippen molar-refractivity contribution < 1.29 is 43.6 Å². The fraction of sp³-hybridized carbons (Fsp3) is 0.727. The van der Waals surface area contributed by atoms with E-state index in [1.165, 1.54) is 31.5 Å². The zero-order valence-electron chi connectivity index (χ0n) is 29.2. The van der Waals surface area contributed by atoms with Crippen molar-refractivity contribution in [1.82, 2.24) is 20.2 Å². The zero-order valence-corrected chi connectivity index (χ0v) is 29.2. The first-order chi connectivity index (χ1) is 24.0. The summed E-state index contributed by atoms with van der Waals surface area (Å²) in [7, 11) is 0. The largest absolute Gasteiger partial charge is 0.462 e. The van der Waals surface area contributed by atoms with Gasteiger partial charge in [0.1, 0.15) is 48.9 Å². The van der Waals surface area contributed by atoms with E-state index in [0.717, 1.165) is 23.8 Å². The molecule has 6 rings (SSSR count). The number of ether oxygens (including phenoxy) is 3. The van der Waals surface area contributed by atoms with Crippen LogP contribution in [0.15, 0.2) is 22.1 Å². The second-order valence-corrected chi connectivity index (χ2v) is 15.3. The number of carbonyl (C=O) groups excluding carboxylic acids is 4. The predicted octanol–water partition coefficient (Wildman–Crippen LogP) is -0.376. The van der Waals surface area contributed by atoms with Gasteiger partial charge < -0.3 is 51.8 Å². The van der Waals surface area contributed by atoms with E-state index in [9.17, 15) is 34.2 Å². The highest BCUT2D eigenvalue weighted by atomic mass is 16.6. The maximum absolute atomic E-state index is 13.3. The Labute approximate surface area is 295 Å². The van der Waals surface area contributed by atoms with Crippen LogP contribution in [0.25, 0.3) is 0 Å². The third-order valence-electron chi connectivity index (χ3n) is 9.93. The van der Waals surface area contributed by atoms with Crippen molar-refractivity contribution >= 4 is 35.7 Å². The summed E-state index contributed by atoms with van der Waals surface area (Å²) in [5.41, 5.74) is 8.54. The first-order valence-electron chi connectivity index (χ1n) is 17.4. The molecule has 9 N–H and O–H groups in total. The van der Waals surface area contributed by atoms with Gasteiger partial charge in [-0.25, -0.2) is 9.59 Å². The van der Waals surface area contributed by atoms with Crippen LogP contribution in [0.2, 0.25) is 0 Å². The topological polar surface area (TPSA) is 272 Å². The van der Waals surface area contributed by atoms with Crippen molar-refractivity contribution in [1.29, 1.82) is 0 Å². The number of esters is 1. The number of hydrogen-bond donors (Lipinski definition) is 7. The van der Waals surface area contributed by atoms with Crippen molar-refractivity contribution in [2.24, 2.45) is 39.6 Å². The number of carbonyl (C=O) groups is 4. The van der Waals surface area contributed by atoms with E-state index in [2.05, 4.69) is 25.9 Å². The Morgan fingerprint density at radius 2 is 1.75 bits per heavy atom. The lowest BCUT2D eigenvalue weighted by molar-refractivity contribution is -0.177. The molecule has 18 heteroatoms. The molecule has 1 aromatic rings. The van der Waals surface area contributed by atoms with Gasteiger partial charge in [-0.1, -0.05) is 0 Å². The fourth-order valence-corrected chi connectivity index (χ4v) is 8.14. The van der Waals surface area contributed by atoms with Gasteiger partial charge in [0.05, 0.1) is 5.41 Å². The number of rotatable bonds is 13. The molecule has 5 fully saturated rings. The minimum absolute atomic E-state index is 0.0900. The molecule has 18 nitrogen and oxygen atoms in total. The summed E-state index contributed by atoms with van der Waals surface area (Å²) in [6.07, 6.45) is 1.36. The molecule has 0 spiro atoms. The average molecular weight is 719 g/mol. The van der Waals surface area contributed by atoms with Crippen molar-refractivity contribution in [2.75, 3.05) is 25.0 Å². The molecular weight excluding hydrogens is 668 g/mol. The summed E-state index contributed by atoms with van der Waals surface area (Å²) >= 11 is 0. The quantitative estimate of drug-likeness (QED) is 0.0594. The maximum Gasteiger partial charge on any atom is 0.408 e. The van der Waals surface area contributed by atoms with Crippen LogP contribution in [-0.4, -0.2) is 99.3 Å². The van der Waals surface area contributed by atoms with Gasteiger partial charge >= 0.3 is 17.8 Å². The van der Waals surface area contributed by atoms with Gasteiger partial charge in [0.25, 0.3) is 0 Å². The highest BCUT2D eigenvalue weighted by Crippen LogP contribution is 2.60. The number of aliphatic hydroxyl groups excluding tert-OH is 2. The fourth-order valence-electron chi connectivity index (χ4n) is 8.14. The van der Waals surface area contributed by atoms with Gasteiger partial charge in [-0.3, -0.25) is 23.9 Å². The molecule has 4 aliphatic carbocycles. The summed E-state index contributed by atoms with van der Waals surface area (Å²) in [5, 5.41) is 28.8. The number of nitrogens with two attached hydrogens (primary N) is 2. The van der Waals surface area contributed by atoms with Crippen molar-refractivity contribution in [3.8, 4) is 0 Å². The molecule has 0 aromatic carbocycles. The Morgan fingerprint density at radius 1 is 1.10 bits per heavy atom. The second-order valence-electron chi connectivity index (χ2n) is 15.3. The number of hydrogen-bond acceptors (Lipinski definition) is 12. The van der Waals surface area contributed by atoms with Crippen LogP contribution in [0.5, 0.6) is 0 Å². The molecule has 1 aliphatic heterocycles. The normalized spacial score (nSPS) is 29.9. The van der Waals surface area contributed by atoms with Crippen LogP contribution in [-0.2, 0) is 28.6 Å². The molecule has 1 aromatic heterocycles. The van der Waals surface area contributed by atoms with Gasteiger partial charge in [0.2, 0.25) is 11.8 Å². The molecule has 4 saturated carbocycles. The van der Waals surface area contributed by atoms with E-state index in [4.69, 9.17) is 25.7 Å². The van der Waals surface area contributed by atoms with E-state index in [1.807, 2.05) is 0 Å². The van der Waals surface area contributed by atoms with E-state index in [1.54, 1.807) is 20.8 Å². The molecule has 282 valence electrons. The van der Waals surface area contributed by atoms with Crippen LogP contribution in [0.1, 0.15) is 78.4 Å². The van der Waals surface area contributed by atoms with Crippen LogP contribution in [0.4, 0.5) is 10.6 Å². The van der Waals surface area contributed by atoms with Crippen molar-refractivity contribution in [3.05, 3.63) is 22.7 Å². The number of amides is 3. The SMILES string of the molecule is CC(C)(C)OC(=O)NCC(=O)N[C@@H](CCCN=C(N)N)C(=O)Nc1ccn([C@@H]2O[C@H](COC(=O)C34CC5CC(CC(C5)C3)C4)[C@@H](O)[C@@H]2O)c(=O)n1.